The number of hydrogen-bond donors (Lipinski definition) is 1. The first-order chi connectivity index (χ1) is 9.33. The van der Waals surface area contributed by atoms with Gasteiger partial charge in [0.1, 0.15) is 17.4 Å². The molecule has 2 aromatic rings. The number of carbonyl (C=O) groups excluding carboxylic acids is 1. The highest BCUT2D eigenvalue weighted by molar-refractivity contribution is 7.09. The van der Waals surface area contributed by atoms with E-state index in [1.165, 1.54) is 0 Å². The fraction of sp³-hybridized carbons (Fsp3) is 0.286. The van der Waals surface area contributed by atoms with Crippen LogP contribution < -0.4 is 10.1 Å². The van der Waals surface area contributed by atoms with E-state index in [-0.39, 0.29) is 11.8 Å². The number of hydrogen-bond acceptors (Lipinski definition) is 4. The molecule has 1 unspecified atom stereocenters. The van der Waals surface area contributed by atoms with Crippen molar-refractivity contribution in [3.63, 3.8) is 0 Å². The number of fused-ring (bicyclic) bond motifs is 1. The SMILES string of the molecule is O=C(NCc1nccs1)C1COc2ccccc2C1. The molecule has 0 saturated heterocycles. The van der Waals surface area contributed by atoms with Crippen molar-refractivity contribution in [2.75, 3.05) is 6.61 Å². The van der Waals surface area contributed by atoms with Crippen molar-refractivity contribution in [3.05, 3.63) is 46.4 Å². The van der Waals surface area contributed by atoms with E-state index in [9.17, 15) is 4.79 Å². The second-order valence-electron chi connectivity index (χ2n) is 4.46. The van der Waals surface area contributed by atoms with Gasteiger partial charge in [0.2, 0.25) is 5.91 Å². The molecule has 1 aliphatic heterocycles. The summed E-state index contributed by atoms with van der Waals surface area (Å²) in [5, 5.41) is 5.74. The summed E-state index contributed by atoms with van der Waals surface area (Å²) < 4.78 is 5.62. The first kappa shape index (κ1) is 12.2. The highest BCUT2D eigenvalue weighted by Gasteiger charge is 2.25. The van der Waals surface area contributed by atoms with Crippen molar-refractivity contribution in [1.29, 1.82) is 0 Å². The molecule has 2 heterocycles. The lowest BCUT2D eigenvalue weighted by atomic mass is 9.96. The molecule has 1 atom stereocenters. The van der Waals surface area contributed by atoms with Crippen LogP contribution in [0.1, 0.15) is 10.6 Å². The molecule has 1 aromatic carbocycles. The largest absolute Gasteiger partial charge is 0.492 e. The fourth-order valence-electron chi connectivity index (χ4n) is 2.14. The van der Waals surface area contributed by atoms with Gasteiger partial charge in [0.15, 0.2) is 0 Å². The molecule has 19 heavy (non-hydrogen) atoms. The van der Waals surface area contributed by atoms with E-state index in [4.69, 9.17) is 4.74 Å². The summed E-state index contributed by atoms with van der Waals surface area (Å²) in [5.41, 5.74) is 1.10. The first-order valence-corrected chi connectivity index (χ1v) is 7.07. The molecule has 3 rings (SSSR count). The first-order valence-electron chi connectivity index (χ1n) is 6.20. The van der Waals surface area contributed by atoms with Crippen molar-refractivity contribution in [2.45, 2.75) is 13.0 Å². The minimum absolute atomic E-state index is 0.0321. The second kappa shape index (κ2) is 5.40. The molecule has 0 radical (unpaired) electrons. The lowest BCUT2D eigenvalue weighted by Crippen LogP contribution is -2.37. The number of rotatable bonds is 3. The molecule has 1 amide bonds. The summed E-state index contributed by atoms with van der Waals surface area (Å²) in [5.74, 6) is 0.811. The van der Waals surface area contributed by atoms with Crippen LogP contribution in [-0.2, 0) is 17.8 Å². The van der Waals surface area contributed by atoms with Crippen LogP contribution in [0.2, 0.25) is 0 Å². The smallest absolute Gasteiger partial charge is 0.227 e. The Hall–Kier alpha value is -1.88. The van der Waals surface area contributed by atoms with Crippen LogP contribution in [0.25, 0.3) is 0 Å². The van der Waals surface area contributed by atoms with Gasteiger partial charge in [0.05, 0.1) is 12.5 Å². The maximum atomic E-state index is 12.1. The molecule has 0 spiro atoms. The van der Waals surface area contributed by atoms with Crippen LogP contribution in [0, 0.1) is 5.92 Å². The third kappa shape index (κ3) is 2.76. The van der Waals surface area contributed by atoms with Gasteiger partial charge in [-0.2, -0.15) is 0 Å². The number of amides is 1. The van der Waals surface area contributed by atoms with Crippen LogP contribution in [0.3, 0.4) is 0 Å². The van der Waals surface area contributed by atoms with Gasteiger partial charge in [-0.15, -0.1) is 11.3 Å². The Kier molecular flexibility index (Phi) is 3.46. The summed E-state index contributed by atoms with van der Waals surface area (Å²) >= 11 is 1.54. The Bertz CT molecular complexity index is 569. The molecule has 5 heteroatoms. The molecular weight excluding hydrogens is 260 g/mol. The highest BCUT2D eigenvalue weighted by Crippen LogP contribution is 2.26. The predicted octanol–water partition coefficient (Wildman–Crippen LogP) is 2.01. The summed E-state index contributed by atoms with van der Waals surface area (Å²) in [6.07, 6.45) is 2.48. The molecule has 1 aliphatic rings. The number of ether oxygens (including phenoxy) is 1. The zero-order valence-corrected chi connectivity index (χ0v) is 11.2. The Morgan fingerprint density at radius 2 is 2.37 bits per heavy atom. The third-order valence-corrected chi connectivity index (χ3v) is 3.93. The summed E-state index contributed by atoms with van der Waals surface area (Å²) in [4.78, 5) is 16.2. The van der Waals surface area contributed by atoms with E-state index in [2.05, 4.69) is 10.3 Å². The number of benzene rings is 1. The fourth-order valence-corrected chi connectivity index (χ4v) is 2.70. The van der Waals surface area contributed by atoms with Gasteiger partial charge in [0.25, 0.3) is 0 Å². The molecule has 0 bridgehead atoms. The van der Waals surface area contributed by atoms with Gasteiger partial charge in [-0.3, -0.25) is 4.79 Å². The summed E-state index contributed by atoms with van der Waals surface area (Å²) in [7, 11) is 0. The van der Waals surface area contributed by atoms with Crippen molar-refractivity contribution >= 4 is 17.2 Å². The number of thiazole rings is 1. The average molecular weight is 274 g/mol. The lowest BCUT2D eigenvalue weighted by Gasteiger charge is -2.24. The van der Waals surface area contributed by atoms with Crippen molar-refractivity contribution in [1.82, 2.24) is 10.3 Å². The van der Waals surface area contributed by atoms with E-state index in [0.29, 0.717) is 13.2 Å². The standard InChI is InChI=1S/C14H14N2O2S/c17-14(16-8-13-15-5-6-19-13)11-7-10-3-1-2-4-12(10)18-9-11/h1-6,11H,7-9H2,(H,16,17). The van der Waals surface area contributed by atoms with E-state index < -0.39 is 0 Å². The zero-order chi connectivity index (χ0) is 13.1. The van der Waals surface area contributed by atoms with Crippen LogP contribution >= 0.6 is 11.3 Å². The van der Waals surface area contributed by atoms with E-state index in [1.54, 1.807) is 17.5 Å². The number of nitrogens with zero attached hydrogens (tertiary/aromatic N) is 1. The molecule has 0 aliphatic carbocycles. The molecular formula is C14H14N2O2S. The third-order valence-electron chi connectivity index (χ3n) is 3.15. The van der Waals surface area contributed by atoms with E-state index >= 15 is 0 Å². The van der Waals surface area contributed by atoms with Crippen LogP contribution in [-0.4, -0.2) is 17.5 Å². The summed E-state index contributed by atoms with van der Waals surface area (Å²) in [6, 6.07) is 7.87. The molecule has 1 aromatic heterocycles. The number of nitrogens with one attached hydrogen (secondary N) is 1. The van der Waals surface area contributed by atoms with Crippen molar-refractivity contribution < 1.29 is 9.53 Å². The monoisotopic (exact) mass is 274 g/mol. The van der Waals surface area contributed by atoms with Gasteiger partial charge < -0.3 is 10.1 Å². The highest BCUT2D eigenvalue weighted by atomic mass is 32.1. The van der Waals surface area contributed by atoms with E-state index in [1.807, 2.05) is 29.6 Å². The minimum atomic E-state index is -0.116. The lowest BCUT2D eigenvalue weighted by molar-refractivity contribution is -0.126. The zero-order valence-electron chi connectivity index (χ0n) is 10.3. The molecule has 0 saturated carbocycles. The van der Waals surface area contributed by atoms with Crippen LogP contribution in [0.4, 0.5) is 0 Å². The molecule has 0 fully saturated rings. The second-order valence-corrected chi connectivity index (χ2v) is 5.44. The quantitative estimate of drug-likeness (QED) is 0.931. The Morgan fingerprint density at radius 1 is 1.47 bits per heavy atom. The molecule has 98 valence electrons. The van der Waals surface area contributed by atoms with Crippen molar-refractivity contribution in [3.8, 4) is 5.75 Å². The number of para-hydroxylation sites is 1. The Morgan fingerprint density at radius 3 is 3.21 bits per heavy atom. The topological polar surface area (TPSA) is 51.2 Å². The van der Waals surface area contributed by atoms with Gasteiger partial charge in [-0.25, -0.2) is 4.98 Å². The van der Waals surface area contributed by atoms with Gasteiger partial charge in [-0.05, 0) is 18.1 Å². The number of carbonyl (C=O) groups is 1. The van der Waals surface area contributed by atoms with Crippen LogP contribution in [0.5, 0.6) is 5.75 Å². The maximum absolute atomic E-state index is 12.1. The normalized spacial score (nSPS) is 17.4. The summed E-state index contributed by atoms with van der Waals surface area (Å²) in [6.45, 7) is 0.940. The Labute approximate surface area is 115 Å². The molecule has 1 N–H and O–H groups in total. The van der Waals surface area contributed by atoms with Gasteiger partial charge >= 0.3 is 0 Å². The molecule has 4 nitrogen and oxygen atoms in total. The average Bonchev–Trinajstić information content (AvgIpc) is 2.97. The Balaban J connectivity index is 1.60. The van der Waals surface area contributed by atoms with Crippen molar-refractivity contribution in [2.24, 2.45) is 5.92 Å². The van der Waals surface area contributed by atoms with Gasteiger partial charge in [0, 0.05) is 11.6 Å². The number of aromatic nitrogens is 1. The predicted molar refractivity (Wildman–Crippen MR) is 73.1 cm³/mol. The van der Waals surface area contributed by atoms with Crippen LogP contribution in [0.15, 0.2) is 35.8 Å². The maximum Gasteiger partial charge on any atom is 0.227 e. The van der Waals surface area contributed by atoms with Gasteiger partial charge in [-0.1, -0.05) is 18.2 Å². The van der Waals surface area contributed by atoms with E-state index in [0.717, 1.165) is 22.7 Å². The minimum Gasteiger partial charge on any atom is -0.492 e.